The van der Waals surface area contributed by atoms with Crippen molar-refractivity contribution >= 4 is 39.1 Å². The molecule has 0 bridgehead atoms. The molecule has 0 aliphatic heterocycles. The Kier molecular flexibility index (Phi) is 3.29. The van der Waals surface area contributed by atoms with Gasteiger partial charge in [0.05, 0.1) is 5.69 Å². The molecule has 15 heavy (non-hydrogen) atoms. The Balaban J connectivity index is 2.49. The molecule has 0 amide bonds. The van der Waals surface area contributed by atoms with Gasteiger partial charge in [-0.2, -0.15) is 0 Å². The quantitative estimate of drug-likeness (QED) is 0.736. The van der Waals surface area contributed by atoms with Gasteiger partial charge in [-0.3, -0.25) is 4.98 Å². The van der Waals surface area contributed by atoms with E-state index in [0.29, 0.717) is 10.0 Å². The van der Waals surface area contributed by atoms with Crippen LogP contribution >= 0.6 is 39.1 Å². The van der Waals surface area contributed by atoms with Crippen LogP contribution in [0.1, 0.15) is 0 Å². The minimum absolute atomic E-state index is 0.613. The van der Waals surface area contributed by atoms with E-state index in [1.165, 1.54) is 0 Å². The zero-order valence-corrected chi connectivity index (χ0v) is 10.6. The summed E-state index contributed by atoms with van der Waals surface area (Å²) in [6.07, 6.45) is 1.74. The molecule has 0 saturated heterocycles. The highest BCUT2D eigenvalue weighted by Crippen LogP contribution is 2.26. The molecule has 2 aromatic rings. The van der Waals surface area contributed by atoms with Crippen molar-refractivity contribution in [3.63, 3.8) is 0 Å². The van der Waals surface area contributed by atoms with Crippen molar-refractivity contribution in [3.8, 4) is 11.3 Å². The second-order valence-corrected chi connectivity index (χ2v) is 4.81. The molecule has 0 radical (unpaired) electrons. The lowest BCUT2D eigenvalue weighted by atomic mass is 10.1. The molecule has 76 valence electrons. The molecule has 0 unspecified atom stereocenters. The number of aromatic nitrogens is 1. The van der Waals surface area contributed by atoms with E-state index in [0.717, 1.165) is 15.7 Å². The maximum absolute atomic E-state index is 5.91. The molecule has 1 aromatic carbocycles. The zero-order valence-electron chi connectivity index (χ0n) is 7.55. The van der Waals surface area contributed by atoms with Gasteiger partial charge in [0.15, 0.2) is 0 Å². The number of nitrogens with zero attached hydrogens (tertiary/aromatic N) is 1. The predicted molar refractivity (Wildman–Crippen MR) is 67.4 cm³/mol. The maximum atomic E-state index is 5.91. The summed E-state index contributed by atoms with van der Waals surface area (Å²) in [4.78, 5) is 4.27. The molecule has 0 aliphatic rings. The van der Waals surface area contributed by atoms with Crippen LogP contribution in [-0.4, -0.2) is 4.98 Å². The summed E-state index contributed by atoms with van der Waals surface area (Å²) >= 11 is 15.2. The van der Waals surface area contributed by atoms with Gasteiger partial charge in [-0.05, 0) is 46.3 Å². The third kappa shape index (κ3) is 2.71. The van der Waals surface area contributed by atoms with E-state index >= 15 is 0 Å². The maximum Gasteiger partial charge on any atom is 0.0703 e. The highest BCUT2D eigenvalue weighted by molar-refractivity contribution is 9.10. The van der Waals surface area contributed by atoms with Crippen molar-refractivity contribution in [1.29, 1.82) is 0 Å². The SMILES string of the molecule is Clc1cc(Cl)cc(-c2ccc(Br)cn2)c1. The first kappa shape index (κ1) is 10.9. The summed E-state index contributed by atoms with van der Waals surface area (Å²) in [5, 5.41) is 1.23. The van der Waals surface area contributed by atoms with Crippen molar-refractivity contribution < 1.29 is 0 Å². The third-order valence-corrected chi connectivity index (χ3v) is 2.79. The van der Waals surface area contributed by atoms with E-state index in [4.69, 9.17) is 23.2 Å². The van der Waals surface area contributed by atoms with E-state index in [2.05, 4.69) is 20.9 Å². The van der Waals surface area contributed by atoms with Crippen LogP contribution in [0.5, 0.6) is 0 Å². The predicted octanol–water partition coefficient (Wildman–Crippen LogP) is 4.82. The standard InChI is InChI=1S/C11H6BrCl2N/c12-8-1-2-11(15-6-8)7-3-9(13)5-10(14)4-7/h1-6H. The number of pyridine rings is 1. The van der Waals surface area contributed by atoms with Gasteiger partial charge in [0.25, 0.3) is 0 Å². The Labute approximate surface area is 106 Å². The summed E-state index contributed by atoms with van der Waals surface area (Å²) in [5.74, 6) is 0. The van der Waals surface area contributed by atoms with Gasteiger partial charge in [-0.25, -0.2) is 0 Å². The van der Waals surface area contributed by atoms with Crippen LogP contribution in [0.15, 0.2) is 41.0 Å². The lowest BCUT2D eigenvalue weighted by molar-refractivity contribution is 1.31. The fourth-order valence-corrected chi connectivity index (χ4v) is 2.01. The average Bonchev–Trinajstić information content (AvgIpc) is 2.17. The monoisotopic (exact) mass is 301 g/mol. The van der Waals surface area contributed by atoms with Crippen LogP contribution in [-0.2, 0) is 0 Å². The van der Waals surface area contributed by atoms with Gasteiger partial charge in [-0.1, -0.05) is 23.2 Å². The lowest BCUT2D eigenvalue weighted by Gasteiger charge is -2.02. The van der Waals surface area contributed by atoms with E-state index < -0.39 is 0 Å². The van der Waals surface area contributed by atoms with Gasteiger partial charge >= 0.3 is 0 Å². The second-order valence-electron chi connectivity index (χ2n) is 3.02. The lowest BCUT2D eigenvalue weighted by Crippen LogP contribution is -1.82. The summed E-state index contributed by atoms with van der Waals surface area (Å²) < 4.78 is 0.944. The smallest absolute Gasteiger partial charge is 0.0703 e. The zero-order chi connectivity index (χ0) is 10.8. The van der Waals surface area contributed by atoms with Gasteiger partial charge in [-0.15, -0.1) is 0 Å². The molecule has 1 heterocycles. The highest BCUT2D eigenvalue weighted by atomic mass is 79.9. The van der Waals surface area contributed by atoms with Gasteiger partial charge < -0.3 is 0 Å². The molecular formula is C11H6BrCl2N. The van der Waals surface area contributed by atoms with Gasteiger partial charge in [0, 0.05) is 26.3 Å². The Hall–Kier alpha value is -0.570. The minimum Gasteiger partial charge on any atom is -0.255 e. The minimum atomic E-state index is 0.613. The van der Waals surface area contributed by atoms with Crippen LogP contribution in [0, 0.1) is 0 Å². The van der Waals surface area contributed by atoms with E-state index in [-0.39, 0.29) is 0 Å². The van der Waals surface area contributed by atoms with Crippen LogP contribution in [0.2, 0.25) is 10.0 Å². The fraction of sp³-hybridized carbons (Fsp3) is 0. The molecule has 0 fully saturated rings. The van der Waals surface area contributed by atoms with Crippen molar-refractivity contribution in [2.75, 3.05) is 0 Å². The summed E-state index contributed by atoms with van der Waals surface area (Å²) in [6, 6.07) is 9.21. The molecule has 0 aliphatic carbocycles. The molecule has 0 atom stereocenters. The molecule has 0 N–H and O–H groups in total. The Bertz CT molecular complexity index is 462. The number of benzene rings is 1. The Morgan fingerprint density at radius 3 is 2.20 bits per heavy atom. The van der Waals surface area contributed by atoms with Crippen LogP contribution in [0.4, 0.5) is 0 Å². The number of rotatable bonds is 1. The Morgan fingerprint density at radius 1 is 1.00 bits per heavy atom. The van der Waals surface area contributed by atoms with Crippen LogP contribution < -0.4 is 0 Å². The summed E-state index contributed by atoms with van der Waals surface area (Å²) in [5.41, 5.74) is 1.77. The first-order chi connectivity index (χ1) is 7.15. The van der Waals surface area contributed by atoms with E-state index in [1.54, 1.807) is 12.3 Å². The van der Waals surface area contributed by atoms with Gasteiger partial charge in [0.1, 0.15) is 0 Å². The highest BCUT2D eigenvalue weighted by Gasteiger charge is 2.02. The molecule has 2 rings (SSSR count). The number of hydrogen-bond donors (Lipinski definition) is 0. The third-order valence-electron chi connectivity index (χ3n) is 1.89. The topological polar surface area (TPSA) is 12.9 Å². The summed E-state index contributed by atoms with van der Waals surface area (Å²) in [7, 11) is 0. The molecule has 0 spiro atoms. The molecule has 4 heteroatoms. The second kappa shape index (κ2) is 4.52. The fourth-order valence-electron chi connectivity index (χ4n) is 1.25. The normalized spacial score (nSPS) is 10.3. The first-order valence-corrected chi connectivity index (χ1v) is 5.78. The van der Waals surface area contributed by atoms with Crippen LogP contribution in [0.25, 0.3) is 11.3 Å². The van der Waals surface area contributed by atoms with E-state index in [1.807, 2.05) is 24.3 Å². The molecule has 1 nitrogen and oxygen atoms in total. The van der Waals surface area contributed by atoms with E-state index in [9.17, 15) is 0 Å². The van der Waals surface area contributed by atoms with Crippen molar-refractivity contribution in [2.45, 2.75) is 0 Å². The van der Waals surface area contributed by atoms with Gasteiger partial charge in [0.2, 0.25) is 0 Å². The molecule has 0 saturated carbocycles. The number of halogens is 3. The van der Waals surface area contributed by atoms with Crippen molar-refractivity contribution in [3.05, 3.63) is 51.0 Å². The van der Waals surface area contributed by atoms with Crippen LogP contribution in [0.3, 0.4) is 0 Å². The first-order valence-electron chi connectivity index (χ1n) is 4.23. The molecule has 1 aromatic heterocycles. The largest absolute Gasteiger partial charge is 0.255 e. The summed E-state index contributed by atoms with van der Waals surface area (Å²) in [6.45, 7) is 0. The average molecular weight is 303 g/mol. The van der Waals surface area contributed by atoms with Crippen molar-refractivity contribution in [1.82, 2.24) is 4.98 Å². The van der Waals surface area contributed by atoms with Crippen molar-refractivity contribution in [2.24, 2.45) is 0 Å². The molecular weight excluding hydrogens is 297 g/mol. The Morgan fingerprint density at radius 2 is 1.67 bits per heavy atom. The number of hydrogen-bond acceptors (Lipinski definition) is 1.